The molecule has 5 nitrogen and oxygen atoms in total. The van der Waals surface area contributed by atoms with Gasteiger partial charge in [-0.3, -0.25) is 4.79 Å². The fraction of sp³-hybridized carbons (Fsp3) is 0. The predicted octanol–water partition coefficient (Wildman–Crippen LogP) is 2.38. The van der Waals surface area contributed by atoms with Crippen molar-refractivity contribution in [3.63, 3.8) is 0 Å². The van der Waals surface area contributed by atoms with Crippen molar-refractivity contribution in [2.75, 3.05) is 0 Å². The Morgan fingerprint density at radius 3 is 2.62 bits per heavy atom. The summed E-state index contributed by atoms with van der Waals surface area (Å²) in [5.41, 5.74) is 2.02. The molecule has 0 atom stereocenters. The molecular formula is C15H9FN4O. The number of aromatic nitrogens is 4. The van der Waals surface area contributed by atoms with Crippen LogP contribution in [0.1, 0.15) is 0 Å². The summed E-state index contributed by atoms with van der Waals surface area (Å²) in [6.45, 7) is 0. The number of para-hydroxylation sites is 1. The summed E-state index contributed by atoms with van der Waals surface area (Å²) < 4.78 is 14.7. The van der Waals surface area contributed by atoms with Crippen LogP contribution >= 0.6 is 0 Å². The van der Waals surface area contributed by atoms with Gasteiger partial charge in [-0.15, -0.1) is 0 Å². The van der Waals surface area contributed by atoms with Gasteiger partial charge in [-0.25, -0.2) is 14.1 Å². The molecule has 0 aliphatic carbocycles. The zero-order valence-electron chi connectivity index (χ0n) is 10.7. The number of hydrogen-bond donors (Lipinski definition) is 1. The maximum absolute atomic E-state index is 13.0. The Kier molecular flexibility index (Phi) is 2.38. The molecule has 6 heteroatoms. The first kappa shape index (κ1) is 11.8. The summed E-state index contributed by atoms with van der Waals surface area (Å²) in [7, 11) is 0. The highest BCUT2D eigenvalue weighted by atomic mass is 19.1. The highest BCUT2D eigenvalue weighted by molar-refractivity contribution is 5.83. The lowest BCUT2D eigenvalue weighted by molar-refractivity contribution is 0.628. The third-order valence-electron chi connectivity index (χ3n) is 3.39. The number of nitrogens with one attached hydrogen (secondary N) is 1. The molecule has 2 aromatic carbocycles. The van der Waals surface area contributed by atoms with E-state index < -0.39 is 0 Å². The van der Waals surface area contributed by atoms with Crippen LogP contribution in [0.4, 0.5) is 4.39 Å². The number of fused-ring (bicyclic) bond motifs is 3. The summed E-state index contributed by atoms with van der Waals surface area (Å²) in [6.07, 6.45) is 0. The van der Waals surface area contributed by atoms with E-state index in [1.54, 1.807) is 28.8 Å². The van der Waals surface area contributed by atoms with Crippen LogP contribution in [0.3, 0.4) is 0 Å². The van der Waals surface area contributed by atoms with E-state index in [-0.39, 0.29) is 11.4 Å². The fourth-order valence-corrected chi connectivity index (χ4v) is 2.38. The SMILES string of the molecule is O=c1nc2c(-c3ccc(F)cc3)n[nH]n2c2ccccc12. The molecule has 1 N–H and O–H groups in total. The second kappa shape index (κ2) is 4.24. The molecule has 102 valence electrons. The number of rotatable bonds is 1. The fourth-order valence-electron chi connectivity index (χ4n) is 2.38. The summed E-state index contributed by atoms with van der Waals surface area (Å²) in [5.74, 6) is -0.325. The first-order chi connectivity index (χ1) is 10.2. The lowest BCUT2D eigenvalue weighted by Crippen LogP contribution is -2.10. The van der Waals surface area contributed by atoms with Gasteiger partial charge in [-0.05, 0) is 36.4 Å². The van der Waals surface area contributed by atoms with Crippen molar-refractivity contribution in [3.05, 3.63) is 64.7 Å². The Hall–Kier alpha value is -3.02. The van der Waals surface area contributed by atoms with Crippen molar-refractivity contribution in [1.29, 1.82) is 0 Å². The quantitative estimate of drug-likeness (QED) is 0.582. The highest BCUT2D eigenvalue weighted by Crippen LogP contribution is 2.22. The minimum atomic E-state index is -0.325. The molecule has 2 heterocycles. The molecule has 0 aliphatic heterocycles. The maximum atomic E-state index is 13.0. The summed E-state index contributed by atoms with van der Waals surface area (Å²) >= 11 is 0. The minimum Gasteiger partial charge on any atom is -0.267 e. The van der Waals surface area contributed by atoms with Crippen LogP contribution in [0.5, 0.6) is 0 Å². The van der Waals surface area contributed by atoms with Crippen LogP contribution in [0.25, 0.3) is 27.8 Å². The second-order valence-electron chi connectivity index (χ2n) is 4.66. The molecule has 0 saturated carbocycles. The number of H-pyrrole nitrogens is 1. The number of nitrogens with zero attached hydrogens (tertiary/aromatic N) is 3. The van der Waals surface area contributed by atoms with E-state index in [1.165, 1.54) is 12.1 Å². The van der Waals surface area contributed by atoms with Crippen LogP contribution in [0.15, 0.2) is 53.3 Å². The van der Waals surface area contributed by atoms with Gasteiger partial charge in [0.1, 0.15) is 11.5 Å². The summed E-state index contributed by atoms with van der Waals surface area (Å²) in [5, 5.41) is 7.56. The first-order valence-electron chi connectivity index (χ1n) is 6.36. The van der Waals surface area contributed by atoms with Gasteiger partial charge in [0.2, 0.25) is 0 Å². The molecule has 0 spiro atoms. The largest absolute Gasteiger partial charge is 0.281 e. The van der Waals surface area contributed by atoms with Gasteiger partial charge in [-0.2, -0.15) is 10.1 Å². The molecule has 0 saturated heterocycles. The predicted molar refractivity (Wildman–Crippen MR) is 76.5 cm³/mol. The van der Waals surface area contributed by atoms with E-state index in [9.17, 15) is 9.18 Å². The van der Waals surface area contributed by atoms with E-state index in [1.807, 2.05) is 12.1 Å². The molecule has 0 bridgehead atoms. The van der Waals surface area contributed by atoms with Gasteiger partial charge in [0.25, 0.3) is 5.56 Å². The number of hydrogen-bond acceptors (Lipinski definition) is 3. The third kappa shape index (κ3) is 1.73. The molecule has 0 aliphatic rings. The monoisotopic (exact) mass is 280 g/mol. The molecule has 4 rings (SSSR count). The lowest BCUT2D eigenvalue weighted by Gasteiger charge is -2.00. The molecule has 2 aromatic heterocycles. The van der Waals surface area contributed by atoms with Crippen molar-refractivity contribution in [2.45, 2.75) is 0 Å². The van der Waals surface area contributed by atoms with Gasteiger partial charge in [0, 0.05) is 5.56 Å². The summed E-state index contributed by atoms with van der Waals surface area (Å²) in [6, 6.07) is 13.1. The normalized spacial score (nSPS) is 11.3. The standard InChI is InChI=1S/C15H9FN4O/c16-10-7-5-9(6-8-10)13-14-17-15(21)11-3-1-2-4-12(11)20(14)19-18-13/h1-8,19H. The van der Waals surface area contributed by atoms with Crippen molar-refractivity contribution in [1.82, 2.24) is 19.8 Å². The van der Waals surface area contributed by atoms with Crippen molar-refractivity contribution < 1.29 is 4.39 Å². The Morgan fingerprint density at radius 1 is 1.05 bits per heavy atom. The van der Waals surface area contributed by atoms with Crippen molar-refractivity contribution in [3.8, 4) is 11.3 Å². The maximum Gasteiger partial charge on any atom is 0.281 e. The Balaban J connectivity index is 2.09. The van der Waals surface area contributed by atoms with E-state index >= 15 is 0 Å². The molecular weight excluding hydrogens is 271 g/mol. The van der Waals surface area contributed by atoms with Gasteiger partial charge < -0.3 is 0 Å². The molecule has 4 aromatic rings. The van der Waals surface area contributed by atoms with E-state index in [2.05, 4.69) is 15.3 Å². The lowest BCUT2D eigenvalue weighted by atomic mass is 10.1. The zero-order valence-corrected chi connectivity index (χ0v) is 10.7. The van der Waals surface area contributed by atoms with Gasteiger partial charge in [-0.1, -0.05) is 12.1 Å². The summed E-state index contributed by atoms with van der Waals surface area (Å²) in [4.78, 5) is 16.2. The molecule has 0 amide bonds. The van der Waals surface area contributed by atoms with Crippen LogP contribution in [0.2, 0.25) is 0 Å². The van der Waals surface area contributed by atoms with E-state index in [4.69, 9.17) is 0 Å². The average molecular weight is 280 g/mol. The van der Waals surface area contributed by atoms with Crippen molar-refractivity contribution >= 4 is 16.6 Å². The number of aromatic amines is 1. The number of benzene rings is 2. The van der Waals surface area contributed by atoms with Gasteiger partial charge >= 0.3 is 0 Å². The van der Waals surface area contributed by atoms with Crippen molar-refractivity contribution in [2.24, 2.45) is 0 Å². The smallest absolute Gasteiger partial charge is 0.267 e. The van der Waals surface area contributed by atoms with Gasteiger partial charge in [0.05, 0.1) is 10.9 Å². The van der Waals surface area contributed by atoms with Crippen LogP contribution < -0.4 is 5.56 Å². The van der Waals surface area contributed by atoms with Crippen LogP contribution in [-0.4, -0.2) is 19.8 Å². The van der Waals surface area contributed by atoms with Crippen LogP contribution in [-0.2, 0) is 0 Å². The first-order valence-corrected chi connectivity index (χ1v) is 6.36. The Morgan fingerprint density at radius 2 is 1.81 bits per heavy atom. The van der Waals surface area contributed by atoms with E-state index in [0.717, 1.165) is 0 Å². The molecule has 0 radical (unpaired) electrons. The van der Waals surface area contributed by atoms with E-state index in [0.29, 0.717) is 27.8 Å². The average Bonchev–Trinajstić information content (AvgIpc) is 2.92. The zero-order chi connectivity index (χ0) is 14.4. The highest BCUT2D eigenvalue weighted by Gasteiger charge is 2.13. The molecule has 0 fully saturated rings. The number of halogens is 1. The van der Waals surface area contributed by atoms with Gasteiger partial charge in [0.15, 0.2) is 5.65 Å². The Bertz CT molecular complexity index is 1020. The molecule has 0 unspecified atom stereocenters. The van der Waals surface area contributed by atoms with Crippen LogP contribution in [0, 0.1) is 5.82 Å². The minimum absolute atomic E-state index is 0.310. The molecule has 21 heavy (non-hydrogen) atoms. The second-order valence-corrected chi connectivity index (χ2v) is 4.66. The Labute approximate surface area is 117 Å². The third-order valence-corrected chi connectivity index (χ3v) is 3.39. The topological polar surface area (TPSA) is 63.0 Å².